The lowest BCUT2D eigenvalue weighted by atomic mass is 10.1. The number of carbonyl (C=O) groups excluding carboxylic acids is 1. The molecule has 0 saturated heterocycles. The van der Waals surface area contributed by atoms with Crippen LogP contribution in [0.1, 0.15) is 18.1 Å². The SMILES string of the molecule is CCOC(=O)Cc1c(OC(F)(F)F)c[nH]c(=O)c1C. The van der Waals surface area contributed by atoms with Gasteiger partial charge in [-0.3, -0.25) is 9.59 Å². The van der Waals surface area contributed by atoms with Gasteiger partial charge in [-0.25, -0.2) is 0 Å². The standard InChI is InChI=1S/C11H12F3NO4/c1-3-18-9(16)4-7-6(2)10(17)15-5-8(7)19-11(12,13)14/h5H,3-4H2,1-2H3,(H,15,17). The Hall–Kier alpha value is -1.99. The first kappa shape index (κ1) is 15.1. The van der Waals surface area contributed by atoms with Gasteiger partial charge >= 0.3 is 12.3 Å². The van der Waals surface area contributed by atoms with Gasteiger partial charge in [-0.05, 0) is 13.8 Å². The molecule has 0 fully saturated rings. The Bertz CT molecular complexity index is 522. The summed E-state index contributed by atoms with van der Waals surface area (Å²) < 4.78 is 45.0. The third-order valence-corrected chi connectivity index (χ3v) is 2.28. The Kier molecular flexibility index (Phi) is 4.57. The Morgan fingerprint density at radius 2 is 2.05 bits per heavy atom. The van der Waals surface area contributed by atoms with Crippen LogP contribution in [0.4, 0.5) is 13.2 Å². The maximum Gasteiger partial charge on any atom is 0.573 e. The third kappa shape index (κ3) is 4.31. The molecule has 1 aromatic heterocycles. The number of halogens is 3. The molecule has 0 aromatic carbocycles. The second-order valence-corrected chi connectivity index (χ2v) is 3.62. The van der Waals surface area contributed by atoms with Crippen LogP contribution in [0.5, 0.6) is 5.75 Å². The number of hydrogen-bond donors (Lipinski definition) is 1. The van der Waals surface area contributed by atoms with Crippen molar-refractivity contribution in [1.82, 2.24) is 4.98 Å². The van der Waals surface area contributed by atoms with Crippen LogP contribution in [-0.2, 0) is 16.0 Å². The maximum atomic E-state index is 12.2. The summed E-state index contributed by atoms with van der Waals surface area (Å²) in [4.78, 5) is 24.8. The number of pyridine rings is 1. The molecule has 0 spiro atoms. The normalized spacial score (nSPS) is 11.2. The van der Waals surface area contributed by atoms with E-state index in [2.05, 4.69) is 14.5 Å². The molecule has 0 unspecified atom stereocenters. The zero-order valence-corrected chi connectivity index (χ0v) is 10.3. The quantitative estimate of drug-likeness (QED) is 0.851. The van der Waals surface area contributed by atoms with Crippen molar-refractivity contribution in [3.8, 4) is 5.75 Å². The minimum atomic E-state index is -4.91. The molecule has 0 radical (unpaired) electrons. The molecule has 0 saturated carbocycles. The molecule has 1 N–H and O–H groups in total. The molecule has 0 amide bonds. The first-order chi connectivity index (χ1) is 8.74. The number of rotatable bonds is 4. The number of carbonyl (C=O) groups is 1. The number of alkyl halides is 3. The van der Waals surface area contributed by atoms with E-state index in [-0.39, 0.29) is 17.7 Å². The molecule has 0 atom stereocenters. The monoisotopic (exact) mass is 279 g/mol. The molecule has 5 nitrogen and oxygen atoms in total. The van der Waals surface area contributed by atoms with Crippen molar-refractivity contribution in [3.63, 3.8) is 0 Å². The van der Waals surface area contributed by atoms with Gasteiger partial charge in [0, 0.05) is 17.3 Å². The van der Waals surface area contributed by atoms with Crippen LogP contribution in [0.2, 0.25) is 0 Å². The van der Waals surface area contributed by atoms with Gasteiger partial charge in [-0.2, -0.15) is 0 Å². The number of esters is 1. The molecule has 8 heteroatoms. The highest BCUT2D eigenvalue weighted by atomic mass is 19.4. The van der Waals surface area contributed by atoms with Crippen LogP contribution in [0.3, 0.4) is 0 Å². The Labute approximate surface area is 106 Å². The predicted molar refractivity (Wildman–Crippen MR) is 58.8 cm³/mol. The highest BCUT2D eigenvalue weighted by molar-refractivity contribution is 5.74. The van der Waals surface area contributed by atoms with Crippen LogP contribution in [0, 0.1) is 6.92 Å². The number of nitrogens with one attached hydrogen (secondary N) is 1. The van der Waals surface area contributed by atoms with Crippen molar-refractivity contribution in [1.29, 1.82) is 0 Å². The summed E-state index contributed by atoms with van der Waals surface area (Å²) in [5.41, 5.74) is -0.747. The second-order valence-electron chi connectivity index (χ2n) is 3.62. The van der Waals surface area contributed by atoms with Crippen molar-refractivity contribution in [3.05, 3.63) is 27.7 Å². The Balaban J connectivity index is 3.14. The first-order valence-electron chi connectivity index (χ1n) is 5.37. The molecular weight excluding hydrogens is 267 g/mol. The van der Waals surface area contributed by atoms with Crippen molar-refractivity contribution in [2.75, 3.05) is 6.61 Å². The highest BCUT2D eigenvalue weighted by Crippen LogP contribution is 2.26. The van der Waals surface area contributed by atoms with E-state index in [0.29, 0.717) is 0 Å². The summed E-state index contributed by atoms with van der Waals surface area (Å²) in [6.07, 6.45) is -4.60. The molecule has 1 rings (SSSR count). The molecule has 106 valence electrons. The summed E-state index contributed by atoms with van der Waals surface area (Å²) >= 11 is 0. The van der Waals surface area contributed by atoms with Gasteiger partial charge in [-0.1, -0.05) is 0 Å². The zero-order chi connectivity index (χ0) is 14.6. The fraction of sp³-hybridized carbons (Fsp3) is 0.455. The second kappa shape index (κ2) is 5.77. The number of H-pyrrole nitrogens is 1. The molecule has 19 heavy (non-hydrogen) atoms. The van der Waals surface area contributed by atoms with E-state index in [1.807, 2.05) is 0 Å². The van der Waals surface area contributed by atoms with Crippen LogP contribution < -0.4 is 10.3 Å². The average Bonchev–Trinajstić information content (AvgIpc) is 2.27. The lowest BCUT2D eigenvalue weighted by Crippen LogP contribution is -2.22. The van der Waals surface area contributed by atoms with Crippen molar-refractivity contribution in [2.24, 2.45) is 0 Å². The predicted octanol–water partition coefficient (Wildman–Crippen LogP) is 1.69. The minimum Gasteiger partial charge on any atom is -0.466 e. The van der Waals surface area contributed by atoms with Crippen molar-refractivity contribution < 1.29 is 27.4 Å². The fourth-order valence-corrected chi connectivity index (χ4v) is 1.44. The van der Waals surface area contributed by atoms with E-state index < -0.39 is 30.1 Å². The zero-order valence-electron chi connectivity index (χ0n) is 10.3. The van der Waals surface area contributed by atoms with Crippen LogP contribution in [-0.4, -0.2) is 23.9 Å². The van der Waals surface area contributed by atoms with Gasteiger partial charge in [-0.15, -0.1) is 13.2 Å². The first-order valence-corrected chi connectivity index (χ1v) is 5.37. The lowest BCUT2D eigenvalue weighted by molar-refractivity contribution is -0.275. The van der Waals surface area contributed by atoms with Crippen LogP contribution >= 0.6 is 0 Å². The molecule has 0 aliphatic heterocycles. The molecule has 0 aliphatic carbocycles. The fourth-order valence-electron chi connectivity index (χ4n) is 1.44. The Morgan fingerprint density at radius 3 is 2.58 bits per heavy atom. The number of hydrogen-bond acceptors (Lipinski definition) is 4. The van der Waals surface area contributed by atoms with E-state index in [0.717, 1.165) is 6.20 Å². The topological polar surface area (TPSA) is 68.4 Å². The van der Waals surface area contributed by atoms with Gasteiger partial charge in [0.05, 0.1) is 13.0 Å². The Morgan fingerprint density at radius 1 is 1.42 bits per heavy atom. The van der Waals surface area contributed by atoms with E-state index in [4.69, 9.17) is 0 Å². The summed E-state index contributed by atoms with van der Waals surface area (Å²) in [5.74, 6) is -1.35. The number of ether oxygens (including phenoxy) is 2. The number of aromatic nitrogens is 1. The third-order valence-electron chi connectivity index (χ3n) is 2.28. The van der Waals surface area contributed by atoms with Crippen LogP contribution in [0.25, 0.3) is 0 Å². The summed E-state index contributed by atoms with van der Waals surface area (Å²) in [7, 11) is 0. The summed E-state index contributed by atoms with van der Waals surface area (Å²) in [6, 6.07) is 0. The van der Waals surface area contributed by atoms with E-state index >= 15 is 0 Å². The smallest absolute Gasteiger partial charge is 0.466 e. The minimum absolute atomic E-state index is 0.0187. The van der Waals surface area contributed by atoms with E-state index in [1.165, 1.54) is 6.92 Å². The summed E-state index contributed by atoms with van der Waals surface area (Å²) in [5, 5.41) is 0. The molecule has 1 aromatic rings. The van der Waals surface area contributed by atoms with Crippen molar-refractivity contribution >= 4 is 5.97 Å². The average molecular weight is 279 g/mol. The summed E-state index contributed by atoms with van der Waals surface area (Å²) in [6.45, 7) is 2.96. The maximum absolute atomic E-state index is 12.2. The van der Waals surface area contributed by atoms with E-state index in [1.54, 1.807) is 6.92 Å². The molecule has 0 bridgehead atoms. The van der Waals surface area contributed by atoms with Gasteiger partial charge in [0.1, 0.15) is 5.75 Å². The van der Waals surface area contributed by atoms with Gasteiger partial charge < -0.3 is 14.5 Å². The highest BCUT2D eigenvalue weighted by Gasteiger charge is 2.33. The largest absolute Gasteiger partial charge is 0.573 e. The van der Waals surface area contributed by atoms with Crippen molar-refractivity contribution in [2.45, 2.75) is 26.6 Å². The van der Waals surface area contributed by atoms with Gasteiger partial charge in [0.15, 0.2) is 0 Å². The van der Waals surface area contributed by atoms with Gasteiger partial charge in [0.2, 0.25) is 0 Å². The van der Waals surface area contributed by atoms with Gasteiger partial charge in [0.25, 0.3) is 5.56 Å². The lowest BCUT2D eigenvalue weighted by Gasteiger charge is -2.14. The van der Waals surface area contributed by atoms with Crippen LogP contribution in [0.15, 0.2) is 11.0 Å². The molecule has 0 aliphatic rings. The molecule has 1 heterocycles. The van der Waals surface area contributed by atoms with E-state index in [9.17, 15) is 22.8 Å². The number of aromatic amines is 1. The molecular formula is C11H12F3NO4.